The van der Waals surface area contributed by atoms with Gasteiger partial charge in [-0.25, -0.2) is 0 Å². The van der Waals surface area contributed by atoms with Crippen molar-refractivity contribution in [1.82, 2.24) is 0 Å². The van der Waals surface area contributed by atoms with Crippen molar-refractivity contribution in [1.29, 1.82) is 0 Å². The Morgan fingerprint density at radius 3 is 1.32 bits per heavy atom. The SMILES string of the molecule is CCCCCCCCCCCCCCCCCCCOCC(COP(=O)([O-])OCC[N+](C)(C)C)OC(=O)CCCCCCCCCCCCC. The molecule has 0 fully saturated rings. The molecule has 0 amide bonds. The number of carbonyl (C=O) groups excluding carboxylic acids is 1. The number of phosphoric ester groups is 1. The van der Waals surface area contributed by atoms with Gasteiger partial charge in [0.15, 0.2) is 0 Å². The summed E-state index contributed by atoms with van der Waals surface area (Å²) >= 11 is 0. The number of phosphoric acid groups is 1. The molecule has 50 heavy (non-hydrogen) atoms. The van der Waals surface area contributed by atoms with Gasteiger partial charge in [0.25, 0.3) is 7.82 Å². The minimum absolute atomic E-state index is 0.0311. The lowest BCUT2D eigenvalue weighted by atomic mass is 10.0. The Bertz CT molecular complexity index is 777. The van der Waals surface area contributed by atoms with Crippen molar-refractivity contribution in [3.8, 4) is 0 Å². The number of nitrogens with zero attached hydrogens (tertiary/aromatic N) is 1. The molecule has 0 spiro atoms. The van der Waals surface area contributed by atoms with Crippen LogP contribution >= 0.6 is 7.82 Å². The average Bonchev–Trinajstić information content (AvgIpc) is 3.06. The van der Waals surface area contributed by atoms with Crippen molar-refractivity contribution in [3.05, 3.63) is 0 Å². The third-order valence-corrected chi connectivity index (χ3v) is 10.4. The molecule has 0 aromatic rings. The highest BCUT2D eigenvalue weighted by Crippen LogP contribution is 2.38. The van der Waals surface area contributed by atoms with Gasteiger partial charge in [0.1, 0.15) is 19.3 Å². The minimum Gasteiger partial charge on any atom is -0.756 e. The van der Waals surface area contributed by atoms with Crippen molar-refractivity contribution in [3.63, 3.8) is 0 Å². The van der Waals surface area contributed by atoms with Crippen LogP contribution in [-0.4, -0.2) is 70.7 Å². The van der Waals surface area contributed by atoms with Crippen molar-refractivity contribution >= 4 is 13.8 Å². The van der Waals surface area contributed by atoms with Gasteiger partial charge in [-0.2, -0.15) is 0 Å². The Morgan fingerprint density at radius 2 is 0.920 bits per heavy atom. The van der Waals surface area contributed by atoms with Gasteiger partial charge in [-0.15, -0.1) is 0 Å². The van der Waals surface area contributed by atoms with Crippen LogP contribution in [0.2, 0.25) is 0 Å². The first-order valence-electron chi connectivity index (χ1n) is 21.3. The van der Waals surface area contributed by atoms with Gasteiger partial charge in [0, 0.05) is 13.0 Å². The number of likely N-dealkylation sites (N-methyl/N-ethyl adjacent to an activating group) is 1. The second-order valence-corrected chi connectivity index (χ2v) is 17.1. The van der Waals surface area contributed by atoms with Crippen LogP contribution in [0, 0.1) is 0 Å². The molecule has 0 saturated heterocycles. The molecule has 0 aliphatic carbocycles. The van der Waals surface area contributed by atoms with E-state index in [1.165, 1.54) is 148 Å². The maximum absolute atomic E-state index is 12.6. The van der Waals surface area contributed by atoms with Gasteiger partial charge in [0.2, 0.25) is 0 Å². The fourth-order valence-corrected chi connectivity index (χ4v) is 6.81. The average molecular weight is 734 g/mol. The maximum Gasteiger partial charge on any atom is 0.306 e. The van der Waals surface area contributed by atoms with Crippen molar-refractivity contribution in [2.45, 2.75) is 206 Å². The summed E-state index contributed by atoms with van der Waals surface area (Å²) in [6.07, 6.45) is 35.3. The second-order valence-electron chi connectivity index (χ2n) is 15.7. The van der Waals surface area contributed by atoms with E-state index in [1.807, 2.05) is 21.1 Å². The minimum atomic E-state index is -4.51. The van der Waals surface area contributed by atoms with E-state index in [4.69, 9.17) is 18.5 Å². The molecule has 8 nitrogen and oxygen atoms in total. The number of esters is 1. The number of hydrogen-bond acceptors (Lipinski definition) is 7. The lowest BCUT2D eigenvalue weighted by molar-refractivity contribution is -0.870. The summed E-state index contributed by atoms with van der Waals surface area (Å²) in [5, 5.41) is 0. The second kappa shape index (κ2) is 35.5. The third-order valence-electron chi connectivity index (χ3n) is 9.41. The van der Waals surface area contributed by atoms with Crippen LogP contribution in [0.25, 0.3) is 0 Å². The zero-order valence-corrected chi connectivity index (χ0v) is 34.8. The van der Waals surface area contributed by atoms with Crippen molar-refractivity contribution < 1.29 is 37.3 Å². The highest BCUT2D eigenvalue weighted by molar-refractivity contribution is 7.45. The summed E-state index contributed by atoms with van der Waals surface area (Å²) in [5.41, 5.74) is 0. The zero-order chi connectivity index (χ0) is 37.0. The smallest absolute Gasteiger partial charge is 0.306 e. The highest BCUT2D eigenvalue weighted by atomic mass is 31.2. The summed E-state index contributed by atoms with van der Waals surface area (Å²) < 4.78 is 34.5. The molecule has 0 N–H and O–H groups in total. The zero-order valence-electron chi connectivity index (χ0n) is 33.9. The van der Waals surface area contributed by atoms with E-state index >= 15 is 0 Å². The van der Waals surface area contributed by atoms with Crippen LogP contribution in [0.1, 0.15) is 200 Å². The lowest BCUT2D eigenvalue weighted by Crippen LogP contribution is -2.37. The quantitative estimate of drug-likeness (QED) is 0.0268. The molecule has 0 rings (SSSR count). The predicted octanol–water partition coefficient (Wildman–Crippen LogP) is 11.5. The number of ether oxygens (including phenoxy) is 2. The van der Waals surface area contributed by atoms with E-state index in [0.717, 1.165) is 32.1 Å². The van der Waals surface area contributed by atoms with Crippen LogP contribution < -0.4 is 4.89 Å². The monoisotopic (exact) mass is 734 g/mol. The van der Waals surface area contributed by atoms with Gasteiger partial charge in [-0.3, -0.25) is 9.36 Å². The molecule has 2 atom stereocenters. The largest absolute Gasteiger partial charge is 0.756 e. The molecule has 0 radical (unpaired) electrons. The summed E-state index contributed by atoms with van der Waals surface area (Å²) in [6, 6.07) is 0. The van der Waals surface area contributed by atoms with Crippen LogP contribution in [0.15, 0.2) is 0 Å². The summed E-state index contributed by atoms with van der Waals surface area (Å²) in [5.74, 6) is -0.331. The molecule has 0 aliphatic rings. The Hall–Kier alpha value is -0.500. The normalized spacial score (nSPS) is 13.8. The van der Waals surface area contributed by atoms with E-state index < -0.39 is 13.9 Å². The summed E-state index contributed by atoms with van der Waals surface area (Å²) in [6.45, 7) is 5.45. The fourth-order valence-electron chi connectivity index (χ4n) is 6.08. The highest BCUT2D eigenvalue weighted by Gasteiger charge is 2.20. The first kappa shape index (κ1) is 49.5. The molecular formula is C41H84NO7P. The molecule has 2 unspecified atom stereocenters. The van der Waals surface area contributed by atoms with Crippen LogP contribution in [0.3, 0.4) is 0 Å². The predicted molar refractivity (Wildman–Crippen MR) is 208 cm³/mol. The van der Waals surface area contributed by atoms with Gasteiger partial charge in [0.05, 0.1) is 34.4 Å². The Kier molecular flexibility index (Phi) is 35.2. The molecule has 9 heteroatoms. The molecule has 0 bridgehead atoms. The topological polar surface area (TPSA) is 94.1 Å². The number of carbonyl (C=O) groups is 1. The fraction of sp³-hybridized carbons (Fsp3) is 0.976. The number of unbranched alkanes of at least 4 members (excludes halogenated alkanes) is 26. The summed E-state index contributed by atoms with van der Waals surface area (Å²) in [7, 11) is 1.37. The van der Waals surface area contributed by atoms with E-state index in [1.54, 1.807) is 0 Å². The third kappa shape index (κ3) is 38.7. The number of hydrogen-bond donors (Lipinski definition) is 0. The molecule has 300 valence electrons. The van der Waals surface area contributed by atoms with Gasteiger partial charge < -0.3 is 27.9 Å². The van der Waals surface area contributed by atoms with E-state index in [0.29, 0.717) is 24.1 Å². The Labute approximate surface area is 310 Å². The molecule has 0 aromatic heterocycles. The van der Waals surface area contributed by atoms with Gasteiger partial charge in [-0.05, 0) is 12.8 Å². The Balaban J connectivity index is 4.17. The van der Waals surface area contributed by atoms with Crippen LogP contribution in [-0.2, 0) is 27.9 Å². The molecule has 0 aliphatic heterocycles. The number of rotatable bonds is 40. The van der Waals surface area contributed by atoms with E-state index in [-0.39, 0.29) is 25.8 Å². The van der Waals surface area contributed by atoms with Crippen molar-refractivity contribution in [2.75, 3.05) is 54.1 Å². The first-order valence-corrected chi connectivity index (χ1v) is 22.7. The molecule has 0 aromatic carbocycles. The molecule has 0 saturated carbocycles. The number of quaternary nitrogens is 1. The van der Waals surface area contributed by atoms with Crippen LogP contribution in [0.4, 0.5) is 0 Å². The summed E-state index contributed by atoms with van der Waals surface area (Å²) in [4.78, 5) is 24.9. The van der Waals surface area contributed by atoms with Gasteiger partial charge in [-0.1, -0.05) is 181 Å². The van der Waals surface area contributed by atoms with Gasteiger partial charge >= 0.3 is 5.97 Å². The standard InChI is InChI=1S/C41H84NO7P/c1-6-8-10-12-14-16-18-19-20-21-22-23-25-27-29-31-33-36-46-38-40(39-48-50(44,45)47-37-35-42(3,4)5)49-41(43)34-32-30-28-26-24-17-15-13-11-9-7-2/h40H,6-39H2,1-5H3. The van der Waals surface area contributed by atoms with Crippen LogP contribution in [0.5, 0.6) is 0 Å². The molecule has 0 heterocycles. The van der Waals surface area contributed by atoms with E-state index in [2.05, 4.69) is 13.8 Å². The van der Waals surface area contributed by atoms with E-state index in [9.17, 15) is 14.3 Å². The maximum atomic E-state index is 12.6. The lowest BCUT2D eigenvalue weighted by Gasteiger charge is -2.28. The Morgan fingerprint density at radius 1 is 0.540 bits per heavy atom. The molecular weight excluding hydrogens is 649 g/mol. The first-order chi connectivity index (χ1) is 24.1. The van der Waals surface area contributed by atoms with Crippen molar-refractivity contribution in [2.24, 2.45) is 0 Å².